The van der Waals surface area contributed by atoms with Crippen molar-refractivity contribution in [1.29, 1.82) is 0 Å². The van der Waals surface area contributed by atoms with Crippen LogP contribution >= 0.6 is 0 Å². The van der Waals surface area contributed by atoms with Crippen LogP contribution in [0.1, 0.15) is 33.0 Å². The van der Waals surface area contributed by atoms with E-state index in [-0.39, 0.29) is 0 Å². The van der Waals surface area contributed by atoms with E-state index in [4.69, 9.17) is 10.5 Å². The third kappa shape index (κ3) is 4.02. The molecule has 0 spiro atoms. The van der Waals surface area contributed by atoms with Gasteiger partial charge in [-0.15, -0.1) is 0 Å². The van der Waals surface area contributed by atoms with Crippen molar-refractivity contribution in [1.82, 2.24) is 9.97 Å². The average molecular weight is 224 g/mol. The lowest BCUT2D eigenvalue weighted by Gasteiger charge is -2.13. The molecule has 1 rings (SSSR count). The summed E-state index contributed by atoms with van der Waals surface area (Å²) in [6.45, 7) is 7.19. The molecule has 0 aliphatic rings. The number of rotatable bonds is 6. The second-order valence-corrected chi connectivity index (χ2v) is 3.69. The van der Waals surface area contributed by atoms with Crippen molar-refractivity contribution < 1.29 is 4.74 Å². The highest BCUT2D eigenvalue weighted by atomic mass is 16.5. The molecule has 1 aromatic rings. The standard InChI is InChI=1S/C11H20N4O/c1-4-8(3)13-10-6-9(12)14-11(15-10)7-16-5-2/h6,8H,4-5,7H2,1-3H3,(H3,12,13,14,15). The lowest BCUT2D eigenvalue weighted by atomic mass is 10.2. The normalized spacial score (nSPS) is 12.4. The Labute approximate surface area is 96.4 Å². The van der Waals surface area contributed by atoms with Crippen LogP contribution in [-0.2, 0) is 11.3 Å². The van der Waals surface area contributed by atoms with E-state index in [1.54, 1.807) is 6.07 Å². The predicted octanol–water partition coefficient (Wildman–Crippen LogP) is 1.81. The maximum absolute atomic E-state index is 5.70. The molecule has 16 heavy (non-hydrogen) atoms. The zero-order chi connectivity index (χ0) is 12.0. The first kappa shape index (κ1) is 12.7. The molecule has 0 aromatic carbocycles. The van der Waals surface area contributed by atoms with Gasteiger partial charge in [0.05, 0.1) is 0 Å². The first-order valence-electron chi connectivity index (χ1n) is 5.63. The highest BCUT2D eigenvalue weighted by Crippen LogP contribution is 2.11. The van der Waals surface area contributed by atoms with Gasteiger partial charge in [0.15, 0.2) is 5.82 Å². The third-order valence-corrected chi connectivity index (χ3v) is 2.23. The van der Waals surface area contributed by atoms with Crippen molar-refractivity contribution in [2.45, 2.75) is 39.8 Å². The number of nitrogens with two attached hydrogens (primary N) is 1. The van der Waals surface area contributed by atoms with Crippen LogP contribution in [0.25, 0.3) is 0 Å². The Hall–Kier alpha value is -1.36. The van der Waals surface area contributed by atoms with Crippen molar-refractivity contribution in [2.24, 2.45) is 0 Å². The Morgan fingerprint density at radius 2 is 2.19 bits per heavy atom. The van der Waals surface area contributed by atoms with Crippen molar-refractivity contribution in [3.63, 3.8) is 0 Å². The van der Waals surface area contributed by atoms with Crippen LogP contribution < -0.4 is 11.1 Å². The van der Waals surface area contributed by atoms with Gasteiger partial charge in [0, 0.05) is 18.7 Å². The number of anilines is 2. The first-order chi connectivity index (χ1) is 7.65. The Bertz CT molecular complexity index is 330. The molecule has 0 saturated carbocycles. The number of aromatic nitrogens is 2. The number of nitrogen functional groups attached to an aromatic ring is 1. The van der Waals surface area contributed by atoms with Crippen molar-refractivity contribution >= 4 is 11.6 Å². The fraction of sp³-hybridized carbons (Fsp3) is 0.636. The molecule has 5 nitrogen and oxygen atoms in total. The molecule has 1 heterocycles. The summed E-state index contributed by atoms with van der Waals surface area (Å²) in [6, 6.07) is 2.11. The van der Waals surface area contributed by atoms with Crippen LogP contribution in [0.4, 0.5) is 11.6 Å². The van der Waals surface area contributed by atoms with Gasteiger partial charge in [-0.1, -0.05) is 6.92 Å². The summed E-state index contributed by atoms with van der Waals surface area (Å²) < 4.78 is 5.25. The minimum Gasteiger partial charge on any atom is -0.384 e. The maximum atomic E-state index is 5.70. The lowest BCUT2D eigenvalue weighted by Crippen LogP contribution is -2.16. The number of ether oxygens (including phenoxy) is 1. The summed E-state index contributed by atoms with van der Waals surface area (Å²) in [4.78, 5) is 8.44. The van der Waals surface area contributed by atoms with E-state index >= 15 is 0 Å². The molecule has 5 heteroatoms. The predicted molar refractivity (Wildman–Crippen MR) is 65.2 cm³/mol. The Morgan fingerprint density at radius 3 is 2.81 bits per heavy atom. The van der Waals surface area contributed by atoms with E-state index < -0.39 is 0 Å². The molecule has 3 N–H and O–H groups in total. The molecule has 0 aliphatic heterocycles. The number of hydrogen-bond donors (Lipinski definition) is 2. The molecule has 90 valence electrons. The summed E-state index contributed by atoms with van der Waals surface area (Å²) >= 11 is 0. The lowest BCUT2D eigenvalue weighted by molar-refractivity contribution is 0.128. The Kier molecular flexibility index (Phi) is 4.98. The van der Waals surface area contributed by atoms with Gasteiger partial charge in [-0.25, -0.2) is 9.97 Å². The highest BCUT2D eigenvalue weighted by molar-refractivity contribution is 5.45. The van der Waals surface area contributed by atoms with E-state index in [9.17, 15) is 0 Å². The summed E-state index contributed by atoms with van der Waals surface area (Å²) in [6.07, 6.45) is 1.03. The topological polar surface area (TPSA) is 73.1 Å². The van der Waals surface area contributed by atoms with Gasteiger partial charge in [-0.05, 0) is 20.3 Å². The molecule has 0 aliphatic carbocycles. The van der Waals surface area contributed by atoms with Gasteiger partial charge in [0.2, 0.25) is 0 Å². The van der Waals surface area contributed by atoms with E-state index in [1.807, 2.05) is 6.92 Å². The number of nitrogens with one attached hydrogen (secondary N) is 1. The van der Waals surface area contributed by atoms with Crippen LogP contribution in [0.15, 0.2) is 6.07 Å². The van der Waals surface area contributed by atoms with Crippen molar-refractivity contribution in [3.8, 4) is 0 Å². The average Bonchev–Trinajstić information content (AvgIpc) is 2.25. The van der Waals surface area contributed by atoms with Gasteiger partial charge >= 0.3 is 0 Å². The summed E-state index contributed by atoms with van der Waals surface area (Å²) in [5.74, 6) is 1.85. The fourth-order valence-electron chi connectivity index (χ4n) is 1.20. The van der Waals surface area contributed by atoms with E-state index in [2.05, 4.69) is 29.1 Å². The molecule has 0 radical (unpaired) electrons. The minimum absolute atomic E-state index is 0.370. The smallest absolute Gasteiger partial charge is 0.158 e. The van der Waals surface area contributed by atoms with Crippen LogP contribution in [0.5, 0.6) is 0 Å². The molecule has 0 bridgehead atoms. The van der Waals surface area contributed by atoms with Crippen molar-refractivity contribution in [2.75, 3.05) is 17.7 Å². The summed E-state index contributed by atoms with van der Waals surface area (Å²) in [5, 5.41) is 3.26. The molecule has 0 amide bonds. The van der Waals surface area contributed by atoms with Crippen LogP contribution in [0.2, 0.25) is 0 Å². The molecular formula is C11H20N4O. The first-order valence-corrected chi connectivity index (χ1v) is 5.63. The Morgan fingerprint density at radius 1 is 1.44 bits per heavy atom. The molecule has 0 fully saturated rings. The van der Waals surface area contributed by atoms with Crippen LogP contribution in [0.3, 0.4) is 0 Å². The second-order valence-electron chi connectivity index (χ2n) is 3.69. The SMILES string of the molecule is CCOCc1nc(N)cc(NC(C)CC)n1. The van der Waals surface area contributed by atoms with E-state index in [0.29, 0.717) is 30.9 Å². The molecular weight excluding hydrogens is 204 g/mol. The number of hydrogen-bond acceptors (Lipinski definition) is 5. The van der Waals surface area contributed by atoms with Gasteiger partial charge in [-0.2, -0.15) is 0 Å². The Balaban J connectivity index is 2.73. The minimum atomic E-state index is 0.370. The van der Waals surface area contributed by atoms with Gasteiger partial charge in [-0.3, -0.25) is 0 Å². The maximum Gasteiger partial charge on any atom is 0.158 e. The van der Waals surface area contributed by atoms with E-state index in [1.165, 1.54) is 0 Å². The van der Waals surface area contributed by atoms with Gasteiger partial charge in [0.25, 0.3) is 0 Å². The monoisotopic (exact) mass is 224 g/mol. The highest BCUT2D eigenvalue weighted by Gasteiger charge is 2.05. The largest absolute Gasteiger partial charge is 0.384 e. The van der Waals surface area contributed by atoms with Gasteiger partial charge in [0.1, 0.15) is 18.2 Å². The third-order valence-electron chi connectivity index (χ3n) is 2.23. The zero-order valence-electron chi connectivity index (χ0n) is 10.2. The quantitative estimate of drug-likeness (QED) is 0.771. The van der Waals surface area contributed by atoms with Crippen LogP contribution in [0, 0.1) is 0 Å². The molecule has 1 unspecified atom stereocenters. The molecule has 1 atom stereocenters. The molecule has 0 saturated heterocycles. The summed E-state index contributed by atoms with van der Waals surface area (Å²) in [5.41, 5.74) is 5.70. The van der Waals surface area contributed by atoms with Crippen LogP contribution in [-0.4, -0.2) is 22.6 Å². The van der Waals surface area contributed by atoms with Crippen molar-refractivity contribution in [3.05, 3.63) is 11.9 Å². The number of nitrogens with zero attached hydrogens (tertiary/aromatic N) is 2. The fourth-order valence-corrected chi connectivity index (χ4v) is 1.20. The summed E-state index contributed by atoms with van der Waals surface area (Å²) in [7, 11) is 0. The van der Waals surface area contributed by atoms with E-state index in [0.717, 1.165) is 12.2 Å². The second kappa shape index (κ2) is 6.27. The zero-order valence-corrected chi connectivity index (χ0v) is 10.2. The molecule has 1 aromatic heterocycles. The van der Waals surface area contributed by atoms with Gasteiger partial charge < -0.3 is 15.8 Å².